The van der Waals surface area contributed by atoms with Gasteiger partial charge in [-0.25, -0.2) is 13.1 Å². The van der Waals surface area contributed by atoms with Crippen molar-refractivity contribution in [3.8, 4) is 16.9 Å². The van der Waals surface area contributed by atoms with E-state index in [1.807, 2.05) is 61.5 Å². The summed E-state index contributed by atoms with van der Waals surface area (Å²) in [4.78, 5) is 13.1. The second kappa shape index (κ2) is 9.64. The van der Waals surface area contributed by atoms with Crippen molar-refractivity contribution >= 4 is 15.9 Å². The number of sulfonamides is 1. The number of amides is 1. The number of nitrogens with zero attached hydrogens (tertiary/aromatic N) is 3. The van der Waals surface area contributed by atoms with Crippen LogP contribution in [0.3, 0.4) is 0 Å². The van der Waals surface area contributed by atoms with Crippen molar-refractivity contribution in [2.45, 2.75) is 6.92 Å². The van der Waals surface area contributed by atoms with Gasteiger partial charge in [-0.15, -0.1) is 0 Å². The number of ether oxygens (including phenoxy) is 1. The SMILES string of the molecule is Cc1ccccc1-c1nn(-c2ccccc2)cc1C(=O)NCCS(=O)(=O)N1CCOCC1. The van der Waals surface area contributed by atoms with Crippen LogP contribution in [-0.4, -0.2) is 67.0 Å². The third kappa shape index (κ3) is 4.90. The van der Waals surface area contributed by atoms with Crippen molar-refractivity contribution in [2.24, 2.45) is 0 Å². The van der Waals surface area contributed by atoms with Crippen LogP contribution in [0, 0.1) is 6.92 Å². The molecule has 1 amide bonds. The maximum atomic E-state index is 13.1. The molecule has 168 valence electrons. The number of aromatic nitrogens is 2. The fourth-order valence-corrected chi connectivity index (χ4v) is 4.96. The zero-order chi connectivity index (χ0) is 22.6. The van der Waals surface area contributed by atoms with Gasteiger partial charge >= 0.3 is 0 Å². The van der Waals surface area contributed by atoms with Crippen molar-refractivity contribution in [2.75, 3.05) is 38.6 Å². The lowest BCUT2D eigenvalue weighted by Crippen LogP contribution is -2.43. The fourth-order valence-electron chi connectivity index (χ4n) is 3.63. The van der Waals surface area contributed by atoms with Crippen LogP contribution in [0.4, 0.5) is 0 Å². The number of benzene rings is 2. The monoisotopic (exact) mass is 454 g/mol. The normalized spacial score (nSPS) is 14.9. The molecule has 0 atom stereocenters. The number of nitrogens with one attached hydrogen (secondary N) is 1. The highest BCUT2D eigenvalue weighted by atomic mass is 32.2. The van der Waals surface area contributed by atoms with E-state index in [0.29, 0.717) is 37.6 Å². The van der Waals surface area contributed by atoms with Gasteiger partial charge in [-0.3, -0.25) is 4.79 Å². The molecule has 2 aromatic carbocycles. The predicted molar refractivity (Wildman–Crippen MR) is 122 cm³/mol. The third-order valence-electron chi connectivity index (χ3n) is 5.39. The Kier molecular flexibility index (Phi) is 6.69. The fraction of sp³-hybridized carbons (Fsp3) is 0.304. The Labute approximate surface area is 187 Å². The Bertz CT molecular complexity index is 1190. The van der Waals surface area contributed by atoms with E-state index in [0.717, 1.165) is 16.8 Å². The van der Waals surface area contributed by atoms with Gasteiger partial charge < -0.3 is 10.1 Å². The van der Waals surface area contributed by atoms with Crippen LogP contribution in [0.1, 0.15) is 15.9 Å². The number of aryl methyl sites for hydroxylation is 1. The summed E-state index contributed by atoms with van der Waals surface area (Å²) in [7, 11) is -3.45. The molecule has 0 spiro atoms. The molecular weight excluding hydrogens is 428 g/mol. The minimum absolute atomic E-state index is 0.0161. The van der Waals surface area contributed by atoms with E-state index in [1.54, 1.807) is 10.9 Å². The van der Waals surface area contributed by atoms with E-state index >= 15 is 0 Å². The zero-order valence-corrected chi connectivity index (χ0v) is 18.7. The van der Waals surface area contributed by atoms with Gasteiger partial charge in [0.05, 0.1) is 30.2 Å². The van der Waals surface area contributed by atoms with Crippen molar-refractivity contribution in [3.05, 3.63) is 71.9 Å². The average molecular weight is 455 g/mol. The molecule has 4 rings (SSSR count). The van der Waals surface area contributed by atoms with Gasteiger partial charge in [-0.05, 0) is 24.6 Å². The molecular formula is C23H26N4O4S. The molecule has 8 nitrogen and oxygen atoms in total. The van der Waals surface area contributed by atoms with Crippen LogP contribution >= 0.6 is 0 Å². The third-order valence-corrected chi connectivity index (χ3v) is 7.26. The average Bonchev–Trinajstić information content (AvgIpc) is 3.26. The number of morpholine rings is 1. The van der Waals surface area contributed by atoms with E-state index in [4.69, 9.17) is 4.74 Å². The summed E-state index contributed by atoms with van der Waals surface area (Å²) in [6.45, 7) is 3.46. The van der Waals surface area contributed by atoms with Gasteiger partial charge in [-0.1, -0.05) is 42.5 Å². The van der Waals surface area contributed by atoms with Crippen LogP contribution in [-0.2, 0) is 14.8 Å². The molecule has 3 aromatic rings. The molecule has 1 saturated heterocycles. The van der Waals surface area contributed by atoms with Crippen LogP contribution in [0.25, 0.3) is 16.9 Å². The number of hydrogen-bond donors (Lipinski definition) is 1. The van der Waals surface area contributed by atoms with Crippen LogP contribution in [0.15, 0.2) is 60.8 Å². The van der Waals surface area contributed by atoms with E-state index in [-0.39, 0.29) is 18.2 Å². The first-order chi connectivity index (χ1) is 15.5. The largest absolute Gasteiger partial charge is 0.379 e. The number of carbonyl (C=O) groups is 1. The van der Waals surface area contributed by atoms with Gasteiger partial charge in [-0.2, -0.15) is 9.40 Å². The molecule has 0 unspecified atom stereocenters. The number of carbonyl (C=O) groups excluding carboxylic acids is 1. The zero-order valence-electron chi connectivity index (χ0n) is 17.9. The minimum Gasteiger partial charge on any atom is -0.379 e. The first kappa shape index (κ1) is 22.2. The van der Waals surface area contributed by atoms with Crippen LogP contribution in [0.2, 0.25) is 0 Å². The molecule has 0 aliphatic carbocycles. The molecule has 9 heteroatoms. The number of rotatable bonds is 7. The van der Waals surface area contributed by atoms with Gasteiger partial charge in [0.15, 0.2) is 0 Å². The van der Waals surface area contributed by atoms with Crippen molar-refractivity contribution < 1.29 is 17.9 Å². The summed E-state index contributed by atoms with van der Waals surface area (Å²) in [6.07, 6.45) is 1.68. The molecule has 1 fully saturated rings. The lowest BCUT2D eigenvalue weighted by Gasteiger charge is -2.26. The summed E-state index contributed by atoms with van der Waals surface area (Å²) in [6, 6.07) is 17.3. The van der Waals surface area contributed by atoms with Gasteiger partial charge in [0.2, 0.25) is 10.0 Å². The molecule has 0 bridgehead atoms. The van der Waals surface area contributed by atoms with E-state index < -0.39 is 10.0 Å². The Morgan fingerprint density at radius 3 is 2.47 bits per heavy atom. The molecule has 1 N–H and O–H groups in total. The molecule has 32 heavy (non-hydrogen) atoms. The molecule has 1 aliphatic rings. The lowest BCUT2D eigenvalue weighted by atomic mass is 10.0. The second-order valence-corrected chi connectivity index (χ2v) is 9.66. The number of para-hydroxylation sites is 1. The second-order valence-electron chi connectivity index (χ2n) is 7.57. The summed E-state index contributed by atoms with van der Waals surface area (Å²) in [5.74, 6) is -0.520. The highest BCUT2D eigenvalue weighted by Gasteiger charge is 2.25. The first-order valence-electron chi connectivity index (χ1n) is 10.5. The standard InChI is InChI=1S/C23H26N4O4S/c1-18-7-5-6-10-20(18)22-21(17-27(25-22)19-8-3-2-4-9-19)23(28)24-11-16-32(29,30)26-12-14-31-15-13-26/h2-10,17H,11-16H2,1H3,(H,24,28). The highest BCUT2D eigenvalue weighted by Crippen LogP contribution is 2.26. The van der Waals surface area contributed by atoms with E-state index in [2.05, 4.69) is 10.4 Å². The number of hydrogen-bond acceptors (Lipinski definition) is 5. The smallest absolute Gasteiger partial charge is 0.255 e. The molecule has 2 heterocycles. The molecule has 1 aromatic heterocycles. The van der Waals surface area contributed by atoms with Crippen LogP contribution in [0.5, 0.6) is 0 Å². The molecule has 0 saturated carbocycles. The maximum Gasteiger partial charge on any atom is 0.255 e. The summed E-state index contributed by atoms with van der Waals surface area (Å²) >= 11 is 0. The van der Waals surface area contributed by atoms with Gasteiger partial charge in [0.1, 0.15) is 5.69 Å². The Hall–Kier alpha value is -3.01. The van der Waals surface area contributed by atoms with Gasteiger partial charge in [0, 0.05) is 31.4 Å². The van der Waals surface area contributed by atoms with E-state index in [9.17, 15) is 13.2 Å². The quantitative estimate of drug-likeness (QED) is 0.591. The first-order valence-corrected chi connectivity index (χ1v) is 12.1. The summed E-state index contributed by atoms with van der Waals surface area (Å²) in [5.41, 5.74) is 3.63. The Morgan fingerprint density at radius 2 is 1.75 bits per heavy atom. The van der Waals surface area contributed by atoms with Crippen molar-refractivity contribution in [1.29, 1.82) is 0 Å². The van der Waals surface area contributed by atoms with Crippen molar-refractivity contribution in [3.63, 3.8) is 0 Å². The maximum absolute atomic E-state index is 13.1. The Balaban J connectivity index is 1.55. The topological polar surface area (TPSA) is 93.5 Å². The van der Waals surface area contributed by atoms with E-state index in [1.165, 1.54) is 4.31 Å². The molecule has 0 radical (unpaired) electrons. The van der Waals surface area contributed by atoms with Gasteiger partial charge in [0.25, 0.3) is 5.91 Å². The summed E-state index contributed by atoms with van der Waals surface area (Å²) < 4.78 is 33.4. The molecule has 1 aliphatic heterocycles. The Morgan fingerprint density at radius 1 is 1.06 bits per heavy atom. The lowest BCUT2D eigenvalue weighted by molar-refractivity contribution is 0.0730. The van der Waals surface area contributed by atoms with Crippen molar-refractivity contribution in [1.82, 2.24) is 19.4 Å². The summed E-state index contributed by atoms with van der Waals surface area (Å²) in [5, 5.41) is 7.44. The minimum atomic E-state index is -3.45. The highest BCUT2D eigenvalue weighted by molar-refractivity contribution is 7.89. The predicted octanol–water partition coefficient (Wildman–Crippen LogP) is 2.24. The van der Waals surface area contributed by atoms with Crippen LogP contribution < -0.4 is 5.32 Å².